The first-order valence-corrected chi connectivity index (χ1v) is 9.33. The minimum absolute atomic E-state index is 0.00124. The Hall–Kier alpha value is -2.73. The van der Waals surface area contributed by atoms with Gasteiger partial charge in [0.1, 0.15) is 5.82 Å². The number of Topliss-reactive ketones (excluding diaryl/α,β-unsaturated/α-hetero) is 1. The van der Waals surface area contributed by atoms with Gasteiger partial charge in [-0.05, 0) is 39.0 Å². The van der Waals surface area contributed by atoms with Crippen LogP contribution >= 0.6 is 11.3 Å². The van der Waals surface area contributed by atoms with Crippen LogP contribution < -0.4 is 5.32 Å². The summed E-state index contributed by atoms with van der Waals surface area (Å²) < 4.78 is 1.72. The average molecular weight is 365 g/mol. The standard InChI is InChI=1S/C20H19N3O2S/c1-11-9-15(13(3)26-11)19(25)16-10-17(24)21-20-18(16)12(2)22-23(20)14-7-5-4-6-8-14/h4-9,16H,10H2,1-3H3,(H,21,24). The highest BCUT2D eigenvalue weighted by atomic mass is 32.1. The van der Waals surface area contributed by atoms with Crippen LogP contribution in [-0.2, 0) is 4.79 Å². The fraction of sp³-hybridized carbons (Fsp3) is 0.250. The van der Waals surface area contributed by atoms with Crippen LogP contribution in [-0.4, -0.2) is 21.5 Å². The number of carbonyl (C=O) groups is 2. The molecule has 0 saturated carbocycles. The summed E-state index contributed by atoms with van der Waals surface area (Å²) in [5.74, 6) is -0.0481. The molecule has 0 radical (unpaired) electrons. The molecule has 1 amide bonds. The number of para-hydroxylation sites is 1. The quantitative estimate of drug-likeness (QED) is 0.709. The Kier molecular flexibility index (Phi) is 4.00. The van der Waals surface area contributed by atoms with Crippen molar-refractivity contribution in [1.82, 2.24) is 9.78 Å². The van der Waals surface area contributed by atoms with Crippen LogP contribution in [0, 0.1) is 20.8 Å². The van der Waals surface area contributed by atoms with Crippen LogP contribution in [0.3, 0.4) is 0 Å². The fourth-order valence-electron chi connectivity index (χ4n) is 3.59. The topological polar surface area (TPSA) is 64.0 Å². The van der Waals surface area contributed by atoms with Crippen LogP contribution in [0.2, 0.25) is 0 Å². The van der Waals surface area contributed by atoms with Gasteiger partial charge in [0, 0.05) is 27.3 Å². The van der Waals surface area contributed by atoms with Crippen molar-refractivity contribution in [1.29, 1.82) is 0 Å². The molecule has 0 fully saturated rings. The lowest BCUT2D eigenvalue weighted by molar-refractivity contribution is -0.116. The van der Waals surface area contributed by atoms with Gasteiger partial charge in [-0.25, -0.2) is 4.68 Å². The number of hydrogen-bond acceptors (Lipinski definition) is 4. The molecule has 2 aromatic heterocycles. The van der Waals surface area contributed by atoms with Crippen LogP contribution in [0.1, 0.15) is 43.7 Å². The Labute approximate surface area is 155 Å². The van der Waals surface area contributed by atoms with Gasteiger partial charge in [-0.3, -0.25) is 9.59 Å². The second-order valence-electron chi connectivity index (χ2n) is 6.59. The number of thiophene rings is 1. The minimum atomic E-state index is -0.496. The first-order chi connectivity index (χ1) is 12.5. The number of amides is 1. The summed E-state index contributed by atoms with van der Waals surface area (Å²) in [4.78, 5) is 27.7. The van der Waals surface area contributed by atoms with Crippen molar-refractivity contribution in [3.8, 4) is 5.69 Å². The molecule has 1 aromatic carbocycles. The Morgan fingerprint density at radius 3 is 2.62 bits per heavy atom. The zero-order chi connectivity index (χ0) is 18.4. The Balaban J connectivity index is 1.84. The first-order valence-electron chi connectivity index (χ1n) is 8.51. The van der Waals surface area contributed by atoms with E-state index in [1.807, 2.05) is 57.2 Å². The van der Waals surface area contributed by atoms with E-state index in [4.69, 9.17) is 0 Å². The maximum absolute atomic E-state index is 13.2. The number of aryl methyl sites for hydroxylation is 3. The number of anilines is 1. The van der Waals surface area contributed by atoms with Crippen molar-refractivity contribution >= 4 is 28.8 Å². The molecule has 0 saturated heterocycles. The van der Waals surface area contributed by atoms with E-state index < -0.39 is 5.92 Å². The third-order valence-corrected chi connectivity index (χ3v) is 5.69. The highest BCUT2D eigenvalue weighted by molar-refractivity contribution is 7.12. The smallest absolute Gasteiger partial charge is 0.226 e. The lowest BCUT2D eigenvalue weighted by atomic mass is 9.85. The van der Waals surface area contributed by atoms with Crippen molar-refractivity contribution in [3.63, 3.8) is 0 Å². The van der Waals surface area contributed by atoms with Gasteiger partial charge in [0.15, 0.2) is 5.78 Å². The highest BCUT2D eigenvalue weighted by Crippen LogP contribution is 2.39. The second-order valence-corrected chi connectivity index (χ2v) is 8.05. The van der Waals surface area contributed by atoms with Crippen molar-refractivity contribution < 1.29 is 9.59 Å². The molecule has 1 unspecified atom stereocenters. The zero-order valence-electron chi connectivity index (χ0n) is 14.9. The molecule has 0 aliphatic carbocycles. The molecule has 1 aliphatic heterocycles. The predicted molar refractivity (Wildman–Crippen MR) is 102 cm³/mol. The van der Waals surface area contributed by atoms with Crippen LogP contribution in [0.4, 0.5) is 5.82 Å². The number of fused-ring (bicyclic) bond motifs is 1. The van der Waals surface area contributed by atoms with Gasteiger partial charge in [0.2, 0.25) is 5.91 Å². The Bertz CT molecular complexity index is 1020. The molecule has 1 atom stereocenters. The van der Waals surface area contributed by atoms with Gasteiger partial charge in [-0.2, -0.15) is 5.10 Å². The molecule has 132 valence electrons. The summed E-state index contributed by atoms with van der Waals surface area (Å²) >= 11 is 1.61. The average Bonchev–Trinajstić information content (AvgIpc) is 3.13. The van der Waals surface area contributed by atoms with Crippen LogP contribution in [0.15, 0.2) is 36.4 Å². The second kappa shape index (κ2) is 6.21. The number of hydrogen-bond donors (Lipinski definition) is 1. The van der Waals surface area contributed by atoms with Crippen molar-refractivity contribution in [3.05, 3.63) is 63.0 Å². The number of ketones is 1. The molecule has 5 nitrogen and oxygen atoms in total. The maximum atomic E-state index is 13.2. The molecule has 1 aliphatic rings. The Morgan fingerprint density at radius 1 is 1.23 bits per heavy atom. The zero-order valence-corrected chi connectivity index (χ0v) is 15.7. The van der Waals surface area contributed by atoms with E-state index in [1.54, 1.807) is 16.0 Å². The summed E-state index contributed by atoms with van der Waals surface area (Å²) in [6, 6.07) is 11.5. The van der Waals surface area contributed by atoms with E-state index in [-0.39, 0.29) is 18.1 Å². The molecule has 3 heterocycles. The third kappa shape index (κ3) is 2.66. The van der Waals surface area contributed by atoms with Gasteiger partial charge >= 0.3 is 0 Å². The van der Waals surface area contributed by atoms with Gasteiger partial charge in [0.05, 0.1) is 17.3 Å². The van der Waals surface area contributed by atoms with Gasteiger partial charge < -0.3 is 5.32 Å². The number of aromatic nitrogens is 2. The highest BCUT2D eigenvalue weighted by Gasteiger charge is 2.37. The minimum Gasteiger partial charge on any atom is -0.310 e. The number of rotatable bonds is 3. The monoisotopic (exact) mass is 365 g/mol. The predicted octanol–water partition coefficient (Wildman–Crippen LogP) is 4.17. The number of benzene rings is 1. The van der Waals surface area contributed by atoms with Crippen LogP contribution in [0.25, 0.3) is 5.69 Å². The van der Waals surface area contributed by atoms with E-state index in [9.17, 15) is 9.59 Å². The Morgan fingerprint density at radius 2 is 1.96 bits per heavy atom. The SMILES string of the molecule is Cc1cc(C(=O)C2CC(=O)Nc3c2c(C)nn3-c2ccccc2)c(C)s1. The fourth-order valence-corrected chi connectivity index (χ4v) is 4.52. The van der Waals surface area contributed by atoms with E-state index in [0.29, 0.717) is 11.4 Å². The lowest BCUT2D eigenvalue weighted by Gasteiger charge is -2.23. The van der Waals surface area contributed by atoms with E-state index in [0.717, 1.165) is 26.7 Å². The third-order valence-electron chi connectivity index (χ3n) is 4.73. The molecule has 0 bridgehead atoms. The van der Waals surface area contributed by atoms with E-state index in [2.05, 4.69) is 10.4 Å². The number of nitrogens with zero attached hydrogens (tertiary/aromatic N) is 2. The summed E-state index contributed by atoms with van der Waals surface area (Å²) in [6.07, 6.45) is 0.154. The molecule has 3 aromatic rings. The number of carbonyl (C=O) groups excluding carboxylic acids is 2. The van der Waals surface area contributed by atoms with Crippen LogP contribution in [0.5, 0.6) is 0 Å². The first kappa shape index (κ1) is 16.7. The molecule has 1 N–H and O–H groups in total. The van der Waals surface area contributed by atoms with E-state index in [1.165, 1.54) is 0 Å². The maximum Gasteiger partial charge on any atom is 0.226 e. The summed E-state index contributed by atoms with van der Waals surface area (Å²) in [5, 5.41) is 7.52. The lowest BCUT2D eigenvalue weighted by Crippen LogP contribution is -2.28. The largest absolute Gasteiger partial charge is 0.310 e. The molecule has 26 heavy (non-hydrogen) atoms. The molecular weight excluding hydrogens is 346 g/mol. The van der Waals surface area contributed by atoms with Gasteiger partial charge in [-0.1, -0.05) is 18.2 Å². The summed E-state index contributed by atoms with van der Waals surface area (Å²) in [7, 11) is 0. The van der Waals surface area contributed by atoms with Gasteiger partial charge in [-0.15, -0.1) is 11.3 Å². The molecule has 4 rings (SSSR count). The molecular formula is C20H19N3O2S. The molecule has 6 heteroatoms. The summed E-state index contributed by atoms with van der Waals surface area (Å²) in [5.41, 5.74) is 3.16. The van der Waals surface area contributed by atoms with E-state index >= 15 is 0 Å². The van der Waals surface area contributed by atoms with Gasteiger partial charge in [0.25, 0.3) is 0 Å². The normalized spacial score (nSPS) is 16.3. The van der Waals surface area contributed by atoms with Crippen molar-refractivity contribution in [2.45, 2.75) is 33.1 Å². The van der Waals surface area contributed by atoms with Crippen molar-refractivity contribution in [2.75, 3.05) is 5.32 Å². The molecule has 0 spiro atoms. The summed E-state index contributed by atoms with van der Waals surface area (Å²) in [6.45, 7) is 5.84. The number of nitrogens with one attached hydrogen (secondary N) is 1. The van der Waals surface area contributed by atoms with Crippen molar-refractivity contribution in [2.24, 2.45) is 0 Å².